The van der Waals surface area contributed by atoms with Crippen LogP contribution in [-0.2, 0) is 14.8 Å². The smallest absolute Gasteiger partial charge is 0.238 e. The van der Waals surface area contributed by atoms with Gasteiger partial charge in [-0.3, -0.25) is 4.79 Å². The molecule has 0 unspecified atom stereocenters. The predicted molar refractivity (Wildman–Crippen MR) is 78.8 cm³/mol. The van der Waals surface area contributed by atoms with Crippen LogP contribution in [0.3, 0.4) is 0 Å². The van der Waals surface area contributed by atoms with Crippen molar-refractivity contribution in [1.82, 2.24) is 9.21 Å². The Morgan fingerprint density at radius 1 is 1.20 bits per heavy atom. The number of carbonyl (C=O) groups excluding carboxylic acids is 1. The summed E-state index contributed by atoms with van der Waals surface area (Å²) in [7, 11) is -3.18. The number of hydrogen-bond acceptors (Lipinski definition) is 3. The monoisotopic (exact) mass is 302 g/mol. The number of hydrogen-bond donors (Lipinski definition) is 0. The van der Waals surface area contributed by atoms with Crippen LogP contribution in [0.2, 0.25) is 0 Å². The molecule has 0 aromatic rings. The highest BCUT2D eigenvalue weighted by molar-refractivity contribution is 7.89. The van der Waals surface area contributed by atoms with Crippen LogP contribution in [0.15, 0.2) is 0 Å². The summed E-state index contributed by atoms with van der Waals surface area (Å²) in [5.74, 6) is 0.160. The van der Waals surface area contributed by atoms with E-state index in [0.717, 1.165) is 25.8 Å². The quantitative estimate of drug-likeness (QED) is 0.793. The van der Waals surface area contributed by atoms with Crippen molar-refractivity contribution in [2.45, 2.75) is 52.5 Å². The van der Waals surface area contributed by atoms with E-state index in [9.17, 15) is 13.2 Å². The van der Waals surface area contributed by atoms with Gasteiger partial charge >= 0.3 is 0 Å². The van der Waals surface area contributed by atoms with E-state index in [0.29, 0.717) is 13.0 Å². The van der Waals surface area contributed by atoms with E-state index in [1.165, 1.54) is 4.31 Å². The third-order valence-electron chi connectivity index (χ3n) is 4.06. The number of carbonyl (C=O) groups is 1. The molecule has 0 N–H and O–H groups in total. The highest BCUT2D eigenvalue weighted by Gasteiger charge is 2.35. The summed E-state index contributed by atoms with van der Waals surface area (Å²) in [6.45, 7) is 7.83. The molecule has 2 fully saturated rings. The molecule has 0 aromatic carbocycles. The van der Waals surface area contributed by atoms with Crippen molar-refractivity contribution in [2.75, 3.05) is 25.4 Å². The van der Waals surface area contributed by atoms with Crippen molar-refractivity contribution < 1.29 is 13.2 Å². The van der Waals surface area contributed by atoms with Crippen molar-refractivity contribution in [2.24, 2.45) is 5.41 Å². The molecule has 0 aromatic heterocycles. The zero-order chi connectivity index (χ0) is 15.0. The van der Waals surface area contributed by atoms with Gasteiger partial charge in [-0.25, -0.2) is 8.42 Å². The zero-order valence-electron chi connectivity index (χ0n) is 12.8. The first-order valence-electron chi connectivity index (χ1n) is 7.46. The standard InChI is InChI=1S/C14H26N2O3S/c1-14(2,3)10-12-6-4-8-16(12)13(17)11-15-7-5-9-20(15,18)19/h12H,4-11H2,1-3H3/t12-/m1/s1. The van der Waals surface area contributed by atoms with Gasteiger partial charge in [-0.15, -0.1) is 0 Å². The lowest BCUT2D eigenvalue weighted by molar-refractivity contribution is -0.132. The first-order valence-corrected chi connectivity index (χ1v) is 9.07. The van der Waals surface area contributed by atoms with Gasteiger partial charge in [0, 0.05) is 19.1 Å². The Morgan fingerprint density at radius 2 is 1.90 bits per heavy atom. The van der Waals surface area contributed by atoms with Gasteiger partial charge in [-0.2, -0.15) is 4.31 Å². The molecule has 2 rings (SSSR count). The Bertz CT molecular complexity index is 467. The average Bonchev–Trinajstić information content (AvgIpc) is 2.84. The molecule has 2 aliphatic heterocycles. The largest absolute Gasteiger partial charge is 0.339 e. The summed E-state index contributed by atoms with van der Waals surface area (Å²) in [6.07, 6.45) is 3.68. The Morgan fingerprint density at radius 3 is 2.45 bits per heavy atom. The fourth-order valence-electron chi connectivity index (χ4n) is 3.19. The third-order valence-corrected chi connectivity index (χ3v) is 5.96. The maximum atomic E-state index is 12.4. The molecule has 116 valence electrons. The van der Waals surface area contributed by atoms with Crippen molar-refractivity contribution in [3.05, 3.63) is 0 Å². The second kappa shape index (κ2) is 5.64. The minimum Gasteiger partial charge on any atom is -0.339 e. The van der Waals surface area contributed by atoms with Gasteiger partial charge < -0.3 is 4.90 Å². The lowest BCUT2D eigenvalue weighted by Gasteiger charge is -2.31. The van der Waals surface area contributed by atoms with Crippen LogP contribution >= 0.6 is 0 Å². The summed E-state index contributed by atoms with van der Waals surface area (Å²) in [4.78, 5) is 14.3. The number of likely N-dealkylation sites (tertiary alicyclic amines) is 1. The lowest BCUT2D eigenvalue weighted by atomic mass is 9.87. The molecule has 6 heteroatoms. The molecular weight excluding hydrogens is 276 g/mol. The van der Waals surface area contributed by atoms with Gasteiger partial charge in [0.2, 0.25) is 15.9 Å². The van der Waals surface area contributed by atoms with Gasteiger partial charge in [-0.05, 0) is 31.1 Å². The molecule has 0 spiro atoms. The second-order valence-electron chi connectivity index (χ2n) is 7.15. The van der Waals surface area contributed by atoms with Crippen molar-refractivity contribution >= 4 is 15.9 Å². The topological polar surface area (TPSA) is 57.7 Å². The third kappa shape index (κ3) is 3.73. The van der Waals surface area contributed by atoms with E-state index in [1.54, 1.807) is 0 Å². The molecule has 1 atom stereocenters. The van der Waals surface area contributed by atoms with Gasteiger partial charge in [-0.1, -0.05) is 20.8 Å². The summed E-state index contributed by atoms with van der Waals surface area (Å²) in [5, 5.41) is 0. The van der Waals surface area contributed by atoms with Crippen LogP contribution in [-0.4, -0.2) is 55.0 Å². The first kappa shape index (κ1) is 15.8. The molecule has 1 amide bonds. The highest BCUT2D eigenvalue weighted by atomic mass is 32.2. The summed E-state index contributed by atoms with van der Waals surface area (Å²) < 4.78 is 24.9. The molecular formula is C14H26N2O3S. The van der Waals surface area contributed by atoms with Crippen molar-refractivity contribution in [3.8, 4) is 0 Å². The number of amides is 1. The van der Waals surface area contributed by atoms with E-state index >= 15 is 0 Å². The average molecular weight is 302 g/mol. The molecule has 20 heavy (non-hydrogen) atoms. The molecule has 2 heterocycles. The Kier molecular flexibility index (Phi) is 4.44. The Labute approximate surface area is 122 Å². The van der Waals surface area contributed by atoms with Crippen LogP contribution in [0.25, 0.3) is 0 Å². The SMILES string of the molecule is CC(C)(C)C[C@H]1CCCN1C(=O)CN1CCCS1(=O)=O. The molecule has 2 saturated heterocycles. The lowest BCUT2D eigenvalue weighted by Crippen LogP contribution is -2.44. The number of sulfonamides is 1. The van der Waals surface area contributed by atoms with Gasteiger partial charge in [0.05, 0.1) is 12.3 Å². The van der Waals surface area contributed by atoms with Crippen LogP contribution in [0.1, 0.15) is 46.5 Å². The minimum atomic E-state index is -3.18. The number of rotatable bonds is 3. The first-order chi connectivity index (χ1) is 9.19. The zero-order valence-corrected chi connectivity index (χ0v) is 13.6. The molecule has 0 bridgehead atoms. The van der Waals surface area contributed by atoms with E-state index in [1.807, 2.05) is 4.90 Å². The summed E-state index contributed by atoms with van der Waals surface area (Å²) >= 11 is 0. The van der Waals surface area contributed by atoms with Gasteiger partial charge in [0.1, 0.15) is 0 Å². The van der Waals surface area contributed by atoms with E-state index in [-0.39, 0.29) is 29.7 Å². The highest BCUT2D eigenvalue weighted by Crippen LogP contribution is 2.30. The van der Waals surface area contributed by atoms with Crippen LogP contribution in [0.5, 0.6) is 0 Å². The summed E-state index contributed by atoms with van der Waals surface area (Å²) in [5.41, 5.74) is 0.188. The fraction of sp³-hybridized carbons (Fsp3) is 0.929. The van der Waals surface area contributed by atoms with E-state index < -0.39 is 10.0 Å². The molecule has 5 nitrogen and oxygen atoms in total. The summed E-state index contributed by atoms with van der Waals surface area (Å²) in [6, 6.07) is 0.271. The fourth-order valence-corrected chi connectivity index (χ4v) is 4.66. The Balaban J connectivity index is 1.98. The van der Waals surface area contributed by atoms with E-state index in [2.05, 4.69) is 20.8 Å². The molecule has 0 saturated carbocycles. The molecule has 0 aliphatic carbocycles. The second-order valence-corrected chi connectivity index (χ2v) is 9.24. The number of nitrogens with zero attached hydrogens (tertiary/aromatic N) is 2. The maximum absolute atomic E-state index is 12.4. The minimum absolute atomic E-state index is 0.0257. The van der Waals surface area contributed by atoms with Crippen molar-refractivity contribution in [1.29, 1.82) is 0 Å². The van der Waals surface area contributed by atoms with Crippen LogP contribution in [0.4, 0.5) is 0 Å². The van der Waals surface area contributed by atoms with Gasteiger partial charge in [0.25, 0.3) is 0 Å². The van der Waals surface area contributed by atoms with Crippen LogP contribution in [0, 0.1) is 5.41 Å². The van der Waals surface area contributed by atoms with Gasteiger partial charge in [0.15, 0.2) is 0 Å². The maximum Gasteiger partial charge on any atom is 0.238 e. The van der Waals surface area contributed by atoms with Crippen molar-refractivity contribution in [3.63, 3.8) is 0 Å². The predicted octanol–water partition coefficient (Wildman–Crippen LogP) is 1.45. The molecule has 2 aliphatic rings. The molecule has 0 radical (unpaired) electrons. The van der Waals surface area contributed by atoms with Crippen LogP contribution < -0.4 is 0 Å². The Hall–Kier alpha value is -0.620. The van der Waals surface area contributed by atoms with E-state index in [4.69, 9.17) is 0 Å². The normalized spacial score (nSPS) is 27.1.